The Labute approximate surface area is 107 Å². The van der Waals surface area contributed by atoms with Crippen LogP contribution in [-0.4, -0.2) is 19.0 Å². The highest BCUT2D eigenvalue weighted by Crippen LogP contribution is 2.12. The SMILES string of the molecule is COc1ccc(/C=N/N=C(\C)C2=CC=CC2)cc1. The Kier molecular flexibility index (Phi) is 4.07. The first-order valence-electron chi connectivity index (χ1n) is 5.87. The van der Waals surface area contributed by atoms with Crippen LogP contribution in [0.3, 0.4) is 0 Å². The van der Waals surface area contributed by atoms with Gasteiger partial charge in [0.05, 0.1) is 19.0 Å². The normalized spacial score (nSPS) is 15.2. The monoisotopic (exact) mass is 240 g/mol. The van der Waals surface area contributed by atoms with Gasteiger partial charge in [-0.3, -0.25) is 0 Å². The summed E-state index contributed by atoms with van der Waals surface area (Å²) in [6.45, 7) is 1.98. The van der Waals surface area contributed by atoms with Crippen molar-refractivity contribution in [3.8, 4) is 5.75 Å². The van der Waals surface area contributed by atoms with Crippen LogP contribution in [0.15, 0.2) is 58.3 Å². The van der Waals surface area contributed by atoms with E-state index in [-0.39, 0.29) is 0 Å². The Balaban J connectivity index is 1.99. The van der Waals surface area contributed by atoms with Gasteiger partial charge in [-0.05, 0) is 48.7 Å². The Hall–Kier alpha value is -2.16. The van der Waals surface area contributed by atoms with E-state index in [4.69, 9.17) is 4.74 Å². The van der Waals surface area contributed by atoms with Crippen LogP contribution in [0, 0.1) is 0 Å². The van der Waals surface area contributed by atoms with E-state index in [1.165, 1.54) is 5.57 Å². The molecule has 1 aliphatic rings. The van der Waals surface area contributed by atoms with E-state index in [1.807, 2.05) is 37.3 Å². The zero-order valence-corrected chi connectivity index (χ0v) is 10.6. The minimum Gasteiger partial charge on any atom is -0.497 e. The van der Waals surface area contributed by atoms with Crippen molar-refractivity contribution >= 4 is 11.9 Å². The van der Waals surface area contributed by atoms with Crippen molar-refractivity contribution in [2.75, 3.05) is 7.11 Å². The van der Waals surface area contributed by atoms with Crippen molar-refractivity contribution in [1.29, 1.82) is 0 Å². The van der Waals surface area contributed by atoms with E-state index < -0.39 is 0 Å². The van der Waals surface area contributed by atoms with Gasteiger partial charge in [-0.15, -0.1) is 0 Å². The van der Waals surface area contributed by atoms with Gasteiger partial charge in [-0.1, -0.05) is 18.2 Å². The van der Waals surface area contributed by atoms with Crippen LogP contribution in [0.4, 0.5) is 0 Å². The first-order valence-corrected chi connectivity index (χ1v) is 5.87. The van der Waals surface area contributed by atoms with Crippen LogP contribution in [0.1, 0.15) is 18.9 Å². The number of benzene rings is 1. The fraction of sp³-hybridized carbons (Fsp3) is 0.200. The fourth-order valence-electron chi connectivity index (χ4n) is 1.65. The molecule has 1 aliphatic carbocycles. The van der Waals surface area contributed by atoms with Gasteiger partial charge < -0.3 is 4.74 Å². The second-order valence-electron chi connectivity index (χ2n) is 4.03. The molecule has 0 radical (unpaired) electrons. The molecule has 2 rings (SSSR count). The highest BCUT2D eigenvalue weighted by Gasteiger charge is 2.01. The van der Waals surface area contributed by atoms with Gasteiger partial charge in [0.2, 0.25) is 0 Å². The third-order valence-electron chi connectivity index (χ3n) is 2.77. The molecule has 0 atom stereocenters. The Morgan fingerprint density at radius 2 is 2.06 bits per heavy atom. The summed E-state index contributed by atoms with van der Waals surface area (Å²) in [5.41, 5.74) is 3.19. The van der Waals surface area contributed by atoms with Crippen LogP contribution in [0.25, 0.3) is 0 Å². The van der Waals surface area contributed by atoms with Crippen molar-refractivity contribution in [2.24, 2.45) is 10.2 Å². The summed E-state index contributed by atoms with van der Waals surface area (Å²) in [7, 11) is 1.65. The lowest BCUT2D eigenvalue weighted by Crippen LogP contribution is -1.93. The maximum atomic E-state index is 5.09. The number of nitrogens with zero attached hydrogens (tertiary/aromatic N) is 2. The van der Waals surface area contributed by atoms with Crippen LogP contribution in [0.2, 0.25) is 0 Å². The summed E-state index contributed by atoms with van der Waals surface area (Å²) in [4.78, 5) is 0. The molecule has 0 N–H and O–H groups in total. The lowest BCUT2D eigenvalue weighted by molar-refractivity contribution is 0.415. The number of hydrogen-bond donors (Lipinski definition) is 0. The summed E-state index contributed by atoms with van der Waals surface area (Å²) >= 11 is 0. The first-order chi connectivity index (χ1) is 8.79. The third-order valence-corrected chi connectivity index (χ3v) is 2.77. The van der Waals surface area contributed by atoms with Gasteiger partial charge in [0.25, 0.3) is 0 Å². The third kappa shape index (κ3) is 3.17. The number of hydrogen-bond acceptors (Lipinski definition) is 3. The summed E-state index contributed by atoms with van der Waals surface area (Å²) in [5.74, 6) is 0.842. The molecule has 0 bridgehead atoms. The highest BCUT2D eigenvalue weighted by molar-refractivity contribution is 5.99. The maximum Gasteiger partial charge on any atom is 0.118 e. The predicted molar refractivity (Wildman–Crippen MR) is 75.5 cm³/mol. The van der Waals surface area contributed by atoms with Gasteiger partial charge in [0.1, 0.15) is 5.75 Å². The molecular weight excluding hydrogens is 224 g/mol. The molecule has 0 heterocycles. The van der Waals surface area contributed by atoms with Crippen LogP contribution in [0.5, 0.6) is 5.75 Å². The smallest absolute Gasteiger partial charge is 0.118 e. The minimum absolute atomic E-state index is 0.842. The van der Waals surface area contributed by atoms with Crippen LogP contribution >= 0.6 is 0 Å². The van der Waals surface area contributed by atoms with Gasteiger partial charge in [0.15, 0.2) is 0 Å². The van der Waals surface area contributed by atoms with Crippen molar-refractivity contribution in [3.05, 3.63) is 53.6 Å². The van der Waals surface area contributed by atoms with Crippen molar-refractivity contribution in [1.82, 2.24) is 0 Å². The topological polar surface area (TPSA) is 34.0 Å². The molecule has 3 heteroatoms. The predicted octanol–water partition coefficient (Wildman–Crippen LogP) is 3.38. The van der Waals surface area contributed by atoms with E-state index in [9.17, 15) is 0 Å². The second kappa shape index (κ2) is 5.96. The minimum atomic E-state index is 0.842. The lowest BCUT2D eigenvalue weighted by atomic mass is 10.1. The fourth-order valence-corrected chi connectivity index (χ4v) is 1.65. The van der Waals surface area contributed by atoms with E-state index >= 15 is 0 Å². The zero-order chi connectivity index (χ0) is 12.8. The summed E-state index contributed by atoms with van der Waals surface area (Å²) in [5, 5.41) is 8.29. The highest BCUT2D eigenvalue weighted by atomic mass is 16.5. The molecule has 0 aromatic heterocycles. The molecule has 0 fully saturated rings. The molecular formula is C15H16N2O. The Bertz CT molecular complexity index is 522. The average Bonchev–Trinajstić information content (AvgIpc) is 2.93. The van der Waals surface area contributed by atoms with Crippen molar-refractivity contribution < 1.29 is 4.74 Å². The number of allylic oxidation sites excluding steroid dienone is 4. The van der Waals surface area contributed by atoms with Crippen molar-refractivity contribution in [3.63, 3.8) is 0 Å². The molecule has 0 spiro atoms. The van der Waals surface area contributed by atoms with Crippen LogP contribution in [-0.2, 0) is 0 Å². The molecule has 1 aromatic rings. The standard InChI is InChI=1S/C15H16N2O/c1-12(14-5-3-4-6-14)17-16-11-13-7-9-15(18-2)10-8-13/h3-5,7-11H,6H2,1-2H3/b16-11+,17-12+. The Morgan fingerprint density at radius 1 is 1.28 bits per heavy atom. The molecule has 18 heavy (non-hydrogen) atoms. The Morgan fingerprint density at radius 3 is 2.67 bits per heavy atom. The van der Waals surface area contributed by atoms with Gasteiger partial charge in [-0.2, -0.15) is 10.2 Å². The van der Waals surface area contributed by atoms with Gasteiger partial charge in [0, 0.05) is 0 Å². The van der Waals surface area contributed by atoms with Gasteiger partial charge >= 0.3 is 0 Å². The van der Waals surface area contributed by atoms with E-state index in [1.54, 1.807) is 13.3 Å². The number of rotatable bonds is 4. The lowest BCUT2D eigenvalue weighted by Gasteiger charge is -1.99. The number of methoxy groups -OCH3 is 1. The van der Waals surface area contributed by atoms with E-state index in [0.717, 1.165) is 23.4 Å². The molecule has 0 saturated heterocycles. The molecule has 0 unspecified atom stereocenters. The molecule has 0 amide bonds. The average molecular weight is 240 g/mol. The van der Waals surface area contributed by atoms with Gasteiger partial charge in [-0.25, -0.2) is 0 Å². The quantitative estimate of drug-likeness (QED) is 0.586. The summed E-state index contributed by atoms with van der Waals surface area (Å²) in [6, 6.07) is 7.70. The largest absolute Gasteiger partial charge is 0.497 e. The van der Waals surface area contributed by atoms with Crippen molar-refractivity contribution in [2.45, 2.75) is 13.3 Å². The zero-order valence-electron chi connectivity index (χ0n) is 10.6. The maximum absolute atomic E-state index is 5.09. The summed E-state index contributed by atoms with van der Waals surface area (Å²) in [6.07, 6.45) is 8.92. The molecule has 0 saturated carbocycles. The van der Waals surface area contributed by atoms with Crippen LogP contribution < -0.4 is 4.74 Å². The second-order valence-corrected chi connectivity index (χ2v) is 4.03. The molecule has 0 aliphatic heterocycles. The molecule has 1 aromatic carbocycles. The number of ether oxygens (including phenoxy) is 1. The summed E-state index contributed by atoms with van der Waals surface area (Å²) < 4.78 is 5.09. The van der Waals surface area contributed by atoms with E-state index in [0.29, 0.717) is 0 Å². The van der Waals surface area contributed by atoms with E-state index in [2.05, 4.69) is 22.4 Å². The molecule has 92 valence electrons. The molecule has 3 nitrogen and oxygen atoms in total. The first kappa shape index (κ1) is 12.3.